The molecule has 2 amide bonds. The van der Waals surface area contributed by atoms with E-state index in [0.717, 1.165) is 36.4 Å². The average Bonchev–Trinajstić information content (AvgIpc) is 3.30. The smallest absolute Gasteiger partial charge is 0.422 e. The molecule has 166 valence electrons. The second kappa shape index (κ2) is 10.6. The van der Waals surface area contributed by atoms with Crippen molar-refractivity contribution in [1.29, 1.82) is 0 Å². The monoisotopic (exact) mass is 452 g/mol. The molecule has 1 heterocycles. The van der Waals surface area contributed by atoms with Crippen molar-refractivity contribution in [3.05, 3.63) is 59.7 Å². The summed E-state index contributed by atoms with van der Waals surface area (Å²) in [5.74, 6) is 0.181. The summed E-state index contributed by atoms with van der Waals surface area (Å²) in [5, 5.41) is 2.81. The van der Waals surface area contributed by atoms with Gasteiger partial charge in [0.05, 0.1) is 11.3 Å². The van der Waals surface area contributed by atoms with Crippen LogP contribution in [-0.4, -0.2) is 48.3 Å². The predicted octanol–water partition coefficient (Wildman–Crippen LogP) is 4.27. The summed E-state index contributed by atoms with van der Waals surface area (Å²) in [4.78, 5) is 27.5. The van der Waals surface area contributed by atoms with Gasteiger partial charge in [-0.1, -0.05) is 24.3 Å². The van der Waals surface area contributed by atoms with Gasteiger partial charge in [-0.15, -0.1) is 11.8 Å². The number of hydrogen-bond acceptors (Lipinski definition) is 4. The van der Waals surface area contributed by atoms with Crippen LogP contribution in [0.2, 0.25) is 0 Å². The second-order valence-electron chi connectivity index (χ2n) is 7.10. The van der Waals surface area contributed by atoms with Gasteiger partial charge >= 0.3 is 6.18 Å². The number of amides is 2. The summed E-state index contributed by atoms with van der Waals surface area (Å²) < 4.78 is 41.3. The summed E-state index contributed by atoms with van der Waals surface area (Å²) in [6, 6.07) is 13.1. The Morgan fingerprint density at radius 1 is 1.03 bits per heavy atom. The number of benzene rings is 2. The normalized spacial score (nSPS) is 13.8. The fraction of sp³-hybridized carbons (Fsp3) is 0.364. The first-order valence-corrected chi connectivity index (χ1v) is 10.9. The standard InChI is InChI=1S/C22H23F3N2O3S/c23-22(24,25)15-30-17-9-7-16(8-10-17)13-26-21(29)18-5-1-2-6-19(18)31-14-20(28)27-11-3-4-12-27/h1-2,5-10H,3-4,11-15H2,(H,26,29). The van der Waals surface area contributed by atoms with Crippen molar-refractivity contribution < 1.29 is 27.5 Å². The maximum atomic E-state index is 12.7. The van der Waals surface area contributed by atoms with Gasteiger partial charge in [0.1, 0.15) is 5.75 Å². The number of carbonyl (C=O) groups is 2. The molecule has 1 N–H and O–H groups in total. The molecule has 0 radical (unpaired) electrons. The summed E-state index contributed by atoms with van der Waals surface area (Å²) in [7, 11) is 0. The molecule has 0 saturated carbocycles. The lowest BCUT2D eigenvalue weighted by atomic mass is 10.2. The maximum Gasteiger partial charge on any atom is 0.422 e. The lowest BCUT2D eigenvalue weighted by Gasteiger charge is -2.15. The van der Waals surface area contributed by atoms with E-state index in [9.17, 15) is 22.8 Å². The fourth-order valence-electron chi connectivity index (χ4n) is 3.12. The highest BCUT2D eigenvalue weighted by Crippen LogP contribution is 2.24. The summed E-state index contributed by atoms with van der Waals surface area (Å²) in [5.41, 5.74) is 1.20. The van der Waals surface area contributed by atoms with Crippen LogP contribution < -0.4 is 10.1 Å². The molecule has 2 aromatic carbocycles. The highest BCUT2D eigenvalue weighted by molar-refractivity contribution is 8.00. The van der Waals surface area contributed by atoms with Crippen molar-refractivity contribution in [2.45, 2.75) is 30.5 Å². The number of alkyl halides is 3. The molecule has 9 heteroatoms. The number of nitrogens with zero attached hydrogens (tertiary/aromatic N) is 1. The maximum absolute atomic E-state index is 12.7. The number of halogens is 3. The van der Waals surface area contributed by atoms with Crippen LogP contribution in [0.5, 0.6) is 5.75 Å². The molecule has 0 bridgehead atoms. The molecule has 1 fully saturated rings. The van der Waals surface area contributed by atoms with E-state index >= 15 is 0 Å². The van der Waals surface area contributed by atoms with Crippen LogP contribution in [0.3, 0.4) is 0 Å². The lowest BCUT2D eigenvalue weighted by molar-refractivity contribution is -0.153. The van der Waals surface area contributed by atoms with E-state index in [1.54, 1.807) is 24.3 Å². The van der Waals surface area contributed by atoms with E-state index < -0.39 is 12.8 Å². The highest BCUT2D eigenvalue weighted by atomic mass is 32.2. The largest absolute Gasteiger partial charge is 0.484 e. The highest BCUT2D eigenvalue weighted by Gasteiger charge is 2.28. The van der Waals surface area contributed by atoms with Crippen molar-refractivity contribution in [1.82, 2.24) is 10.2 Å². The number of carbonyl (C=O) groups excluding carboxylic acids is 2. The summed E-state index contributed by atoms with van der Waals surface area (Å²) >= 11 is 1.34. The Morgan fingerprint density at radius 3 is 2.39 bits per heavy atom. The third-order valence-electron chi connectivity index (χ3n) is 4.72. The summed E-state index contributed by atoms with van der Waals surface area (Å²) in [6.45, 7) is 0.449. The SMILES string of the molecule is O=C(NCc1ccc(OCC(F)(F)F)cc1)c1ccccc1SCC(=O)N1CCCC1. The van der Waals surface area contributed by atoms with Gasteiger partial charge in [-0.05, 0) is 42.7 Å². The topological polar surface area (TPSA) is 58.6 Å². The van der Waals surface area contributed by atoms with E-state index in [1.165, 1.54) is 23.9 Å². The third-order valence-corrected chi connectivity index (χ3v) is 5.78. The Hall–Kier alpha value is -2.68. The molecule has 3 rings (SSSR count). The van der Waals surface area contributed by atoms with Gasteiger partial charge in [0.15, 0.2) is 6.61 Å². The lowest BCUT2D eigenvalue weighted by Crippen LogP contribution is -2.29. The minimum Gasteiger partial charge on any atom is -0.484 e. The van der Waals surface area contributed by atoms with Gasteiger partial charge in [0.2, 0.25) is 5.91 Å². The van der Waals surface area contributed by atoms with Crippen LogP contribution >= 0.6 is 11.8 Å². The molecule has 1 aliphatic rings. The third kappa shape index (κ3) is 7.20. The van der Waals surface area contributed by atoms with Gasteiger partial charge in [0, 0.05) is 24.5 Å². The zero-order chi connectivity index (χ0) is 22.3. The Bertz CT molecular complexity index is 898. The Labute approximate surface area is 182 Å². The zero-order valence-corrected chi connectivity index (χ0v) is 17.6. The molecule has 0 unspecified atom stereocenters. The molecule has 1 aliphatic heterocycles. The van der Waals surface area contributed by atoms with Crippen molar-refractivity contribution in [2.75, 3.05) is 25.4 Å². The van der Waals surface area contributed by atoms with Gasteiger partial charge < -0.3 is 15.0 Å². The van der Waals surface area contributed by atoms with Crippen molar-refractivity contribution in [2.24, 2.45) is 0 Å². The van der Waals surface area contributed by atoms with E-state index in [2.05, 4.69) is 10.1 Å². The number of hydrogen-bond donors (Lipinski definition) is 1. The zero-order valence-electron chi connectivity index (χ0n) is 16.8. The first kappa shape index (κ1) is 23.0. The molecule has 0 spiro atoms. The average molecular weight is 452 g/mol. The number of ether oxygens (including phenoxy) is 1. The first-order chi connectivity index (χ1) is 14.8. The van der Waals surface area contributed by atoms with Crippen LogP contribution in [0.1, 0.15) is 28.8 Å². The molecule has 0 aliphatic carbocycles. The van der Waals surface area contributed by atoms with Gasteiger partial charge in [-0.25, -0.2) is 0 Å². The fourth-order valence-corrected chi connectivity index (χ4v) is 4.08. The van der Waals surface area contributed by atoms with E-state index in [0.29, 0.717) is 5.56 Å². The molecule has 0 aromatic heterocycles. The number of thioether (sulfide) groups is 1. The Balaban J connectivity index is 1.53. The van der Waals surface area contributed by atoms with Gasteiger partial charge in [0.25, 0.3) is 5.91 Å². The van der Waals surface area contributed by atoms with Gasteiger partial charge in [-0.3, -0.25) is 9.59 Å². The van der Waals surface area contributed by atoms with E-state index in [1.807, 2.05) is 17.0 Å². The van der Waals surface area contributed by atoms with Crippen molar-refractivity contribution in [3.63, 3.8) is 0 Å². The van der Waals surface area contributed by atoms with E-state index in [4.69, 9.17) is 0 Å². The molecule has 0 atom stereocenters. The molecule has 2 aromatic rings. The van der Waals surface area contributed by atoms with Crippen LogP contribution in [0, 0.1) is 0 Å². The first-order valence-electron chi connectivity index (χ1n) is 9.88. The molecule has 1 saturated heterocycles. The Morgan fingerprint density at radius 2 is 1.71 bits per heavy atom. The Kier molecular flexibility index (Phi) is 7.84. The minimum absolute atomic E-state index is 0.0746. The van der Waals surface area contributed by atoms with Crippen molar-refractivity contribution >= 4 is 23.6 Å². The molecular formula is C22H23F3N2O3S. The van der Waals surface area contributed by atoms with Crippen LogP contribution in [0.15, 0.2) is 53.4 Å². The number of likely N-dealkylation sites (tertiary alicyclic amines) is 1. The molecule has 5 nitrogen and oxygen atoms in total. The van der Waals surface area contributed by atoms with Crippen LogP contribution in [-0.2, 0) is 11.3 Å². The van der Waals surface area contributed by atoms with Crippen LogP contribution in [0.25, 0.3) is 0 Å². The van der Waals surface area contributed by atoms with Crippen LogP contribution in [0.4, 0.5) is 13.2 Å². The number of rotatable bonds is 8. The van der Waals surface area contributed by atoms with Crippen molar-refractivity contribution in [3.8, 4) is 5.75 Å². The minimum atomic E-state index is -4.39. The number of nitrogens with one attached hydrogen (secondary N) is 1. The molecular weight excluding hydrogens is 429 g/mol. The van der Waals surface area contributed by atoms with E-state index in [-0.39, 0.29) is 29.9 Å². The van der Waals surface area contributed by atoms with Gasteiger partial charge in [-0.2, -0.15) is 13.2 Å². The predicted molar refractivity (Wildman–Crippen MR) is 112 cm³/mol. The summed E-state index contributed by atoms with van der Waals surface area (Å²) in [6.07, 6.45) is -2.33. The molecule has 31 heavy (non-hydrogen) atoms. The second-order valence-corrected chi connectivity index (χ2v) is 8.12. The quantitative estimate of drug-likeness (QED) is 0.608.